The number of anilines is 2. The lowest BCUT2D eigenvalue weighted by atomic mass is 10.2. The Morgan fingerprint density at radius 3 is 2.75 bits per heavy atom. The Kier molecular flexibility index (Phi) is 7.02. The number of carbonyl (C=O) groups excluding carboxylic acids is 1. The van der Waals surface area contributed by atoms with Gasteiger partial charge in [0.25, 0.3) is 0 Å². The van der Waals surface area contributed by atoms with Gasteiger partial charge in [-0.25, -0.2) is 0 Å². The van der Waals surface area contributed by atoms with E-state index in [1.165, 1.54) is 0 Å². The number of rotatable bonds is 7. The zero-order chi connectivity index (χ0) is 15.1. The van der Waals surface area contributed by atoms with E-state index in [0.29, 0.717) is 33.8 Å². The third-order valence-corrected chi connectivity index (χ3v) is 4.35. The Morgan fingerprint density at radius 2 is 2.10 bits per heavy atom. The SMILES string of the molecule is CC(C)CCS(=O)CCC(=O)Nc1cc(Cl)ccc1N. The minimum absolute atomic E-state index is 0.197. The molecular weight excluding hydrogens is 296 g/mol. The van der Waals surface area contributed by atoms with Crippen molar-refractivity contribution in [3.05, 3.63) is 23.2 Å². The summed E-state index contributed by atoms with van der Waals surface area (Å²) < 4.78 is 11.7. The third-order valence-electron chi connectivity index (χ3n) is 2.77. The molecule has 1 amide bonds. The van der Waals surface area contributed by atoms with Crippen LogP contribution in [-0.4, -0.2) is 21.6 Å². The molecule has 0 fully saturated rings. The molecule has 0 aliphatic heterocycles. The van der Waals surface area contributed by atoms with Crippen LogP contribution in [0.15, 0.2) is 18.2 Å². The van der Waals surface area contributed by atoms with Crippen molar-refractivity contribution < 1.29 is 9.00 Å². The number of carbonyl (C=O) groups is 1. The van der Waals surface area contributed by atoms with Crippen LogP contribution in [0, 0.1) is 5.92 Å². The van der Waals surface area contributed by atoms with E-state index in [4.69, 9.17) is 17.3 Å². The summed E-state index contributed by atoms with van der Waals surface area (Å²) >= 11 is 5.84. The number of nitrogens with two attached hydrogens (primary N) is 1. The molecule has 0 aromatic heterocycles. The lowest BCUT2D eigenvalue weighted by molar-refractivity contribution is -0.115. The molecule has 1 atom stereocenters. The Hall–Kier alpha value is -1.07. The minimum atomic E-state index is -0.947. The summed E-state index contributed by atoms with van der Waals surface area (Å²) in [5.74, 6) is 1.35. The fraction of sp³-hybridized carbons (Fsp3) is 0.500. The van der Waals surface area contributed by atoms with Gasteiger partial charge >= 0.3 is 0 Å². The number of nitrogen functional groups attached to an aromatic ring is 1. The van der Waals surface area contributed by atoms with Crippen LogP contribution in [0.25, 0.3) is 0 Å². The van der Waals surface area contributed by atoms with Gasteiger partial charge in [-0.05, 0) is 30.5 Å². The van der Waals surface area contributed by atoms with Gasteiger partial charge in [-0.2, -0.15) is 0 Å². The Morgan fingerprint density at radius 1 is 1.40 bits per heavy atom. The summed E-state index contributed by atoms with van der Waals surface area (Å²) in [6, 6.07) is 4.90. The standard InChI is InChI=1S/C14H21ClN2O2S/c1-10(2)5-7-20(19)8-6-14(18)17-13-9-11(15)3-4-12(13)16/h3-4,9-10H,5-8,16H2,1-2H3,(H,17,18). The average molecular weight is 317 g/mol. The second kappa shape index (κ2) is 8.27. The van der Waals surface area contributed by atoms with Crippen LogP contribution in [0.3, 0.4) is 0 Å². The second-order valence-corrected chi connectivity index (χ2v) is 7.19. The Labute approximate surface area is 127 Å². The quantitative estimate of drug-likeness (QED) is 0.759. The summed E-state index contributed by atoms with van der Waals surface area (Å²) in [5, 5.41) is 3.20. The number of hydrogen-bond donors (Lipinski definition) is 2. The lowest BCUT2D eigenvalue weighted by Gasteiger charge is -2.09. The largest absolute Gasteiger partial charge is 0.397 e. The molecule has 0 spiro atoms. The molecule has 0 saturated carbocycles. The van der Waals surface area contributed by atoms with Crippen molar-refractivity contribution in [3.63, 3.8) is 0 Å². The highest BCUT2D eigenvalue weighted by Crippen LogP contribution is 2.22. The van der Waals surface area contributed by atoms with Crippen molar-refractivity contribution in [3.8, 4) is 0 Å². The molecule has 0 aliphatic rings. The first-order valence-electron chi connectivity index (χ1n) is 6.58. The molecule has 0 saturated heterocycles. The van der Waals surface area contributed by atoms with Crippen molar-refractivity contribution in [2.75, 3.05) is 22.6 Å². The topological polar surface area (TPSA) is 72.2 Å². The molecule has 1 aromatic rings. The number of nitrogens with one attached hydrogen (secondary N) is 1. The molecule has 0 heterocycles. The summed E-state index contributed by atoms with van der Waals surface area (Å²) in [6.07, 6.45) is 1.13. The first-order valence-corrected chi connectivity index (χ1v) is 8.45. The molecule has 1 unspecified atom stereocenters. The van der Waals surface area contributed by atoms with Gasteiger partial charge in [-0.15, -0.1) is 0 Å². The zero-order valence-corrected chi connectivity index (χ0v) is 13.4. The van der Waals surface area contributed by atoms with Crippen molar-refractivity contribution in [2.45, 2.75) is 26.7 Å². The van der Waals surface area contributed by atoms with E-state index in [-0.39, 0.29) is 12.3 Å². The highest BCUT2D eigenvalue weighted by Gasteiger charge is 2.09. The molecule has 20 heavy (non-hydrogen) atoms. The van der Waals surface area contributed by atoms with Crippen LogP contribution in [0.2, 0.25) is 5.02 Å². The minimum Gasteiger partial charge on any atom is -0.397 e. The predicted octanol–water partition coefficient (Wildman–Crippen LogP) is 3.05. The molecule has 1 aromatic carbocycles. The first kappa shape index (κ1) is 17.0. The Bertz CT molecular complexity index is 492. The molecule has 6 heteroatoms. The van der Waals surface area contributed by atoms with Gasteiger partial charge in [0.1, 0.15) is 0 Å². The number of hydrogen-bond acceptors (Lipinski definition) is 3. The van der Waals surface area contributed by atoms with E-state index in [1.807, 2.05) is 0 Å². The van der Waals surface area contributed by atoms with Crippen LogP contribution >= 0.6 is 11.6 Å². The van der Waals surface area contributed by atoms with Gasteiger partial charge in [-0.1, -0.05) is 25.4 Å². The van der Waals surface area contributed by atoms with Gasteiger partial charge in [-0.3, -0.25) is 9.00 Å². The monoisotopic (exact) mass is 316 g/mol. The summed E-state index contributed by atoms with van der Waals surface area (Å²) in [6.45, 7) is 4.18. The summed E-state index contributed by atoms with van der Waals surface area (Å²) in [4.78, 5) is 11.8. The van der Waals surface area contributed by atoms with Crippen molar-refractivity contribution in [1.29, 1.82) is 0 Å². The maximum atomic E-state index is 11.8. The third kappa shape index (κ3) is 6.39. The van der Waals surface area contributed by atoms with E-state index >= 15 is 0 Å². The summed E-state index contributed by atoms with van der Waals surface area (Å²) in [7, 11) is -0.947. The Balaban J connectivity index is 2.40. The molecule has 4 nitrogen and oxygen atoms in total. The zero-order valence-electron chi connectivity index (χ0n) is 11.8. The van der Waals surface area contributed by atoms with Crippen LogP contribution in [0.1, 0.15) is 26.7 Å². The van der Waals surface area contributed by atoms with E-state index in [2.05, 4.69) is 19.2 Å². The molecule has 3 N–H and O–H groups in total. The first-order chi connectivity index (χ1) is 9.38. The van der Waals surface area contributed by atoms with Crippen molar-refractivity contribution in [2.24, 2.45) is 5.92 Å². The lowest BCUT2D eigenvalue weighted by Crippen LogP contribution is -2.17. The normalized spacial score (nSPS) is 12.4. The van der Waals surface area contributed by atoms with Crippen LogP contribution in [0.5, 0.6) is 0 Å². The fourth-order valence-corrected chi connectivity index (χ4v) is 3.05. The predicted molar refractivity (Wildman–Crippen MR) is 86.4 cm³/mol. The van der Waals surface area contributed by atoms with Gasteiger partial charge < -0.3 is 11.1 Å². The maximum absolute atomic E-state index is 11.8. The van der Waals surface area contributed by atoms with Crippen LogP contribution in [0.4, 0.5) is 11.4 Å². The number of amides is 1. The van der Waals surface area contributed by atoms with Crippen LogP contribution in [-0.2, 0) is 15.6 Å². The van der Waals surface area contributed by atoms with E-state index in [9.17, 15) is 9.00 Å². The van der Waals surface area contributed by atoms with E-state index < -0.39 is 10.8 Å². The molecule has 0 aliphatic carbocycles. The van der Waals surface area contributed by atoms with Crippen LogP contribution < -0.4 is 11.1 Å². The fourth-order valence-electron chi connectivity index (χ4n) is 1.53. The van der Waals surface area contributed by atoms with Gasteiger partial charge in [0, 0.05) is 33.7 Å². The molecule has 1 rings (SSSR count). The summed E-state index contributed by atoms with van der Waals surface area (Å²) in [5.41, 5.74) is 6.70. The molecule has 0 radical (unpaired) electrons. The van der Waals surface area contributed by atoms with Crippen molar-refractivity contribution in [1.82, 2.24) is 0 Å². The van der Waals surface area contributed by atoms with E-state index in [0.717, 1.165) is 6.42 Å². The highest BCUT2D eigenvalue weighted by molar-refractivity contribution is 7.84. The second-order valence-electron chi connectivity index (χ2n) is 5.06. The van der Waals surface area contributed by atoms with Gasteiger partial charge in [0.15, 0.2) is 0 Å². The van der Waals surface area contributed by atoms with Gasteiger partial charge in [0.05, 0.1) is 11.4 Å². The molecule has 112 valence electrons. The molecular formula is C14H21ClN2O2S. The van der Waals surface area contributed by atoms with Gasteiger partial charge in [0.2, 0.25) is 5.91 Å². The smallest absolute Gasteiger partial charge is 0.225 e. The average Bonchev–Trinajstić information content (AvgIpc) is 2.38. The number of benzene rings is 1. The van der Waals surface area contributed by atoms with E-state index in [1.54, 1.807) is 18.2 Å². The van der Waals surface area contributed by atoms with Crippen molar-refractivity contribution >= 4 is 39.7 Å². The number of halogens is 1. The highest BCUT2D eigenvalue weighted by atomic mass is 35.5. The maximum Gasteiger partial charge on any atom is 0.225 e. The molecule has 0 bridgehead atoms.